The monoisotopic (exact) mass is 390 g/mol. The molecule has 2 aromatic carbocycles. The lowest BCUT2D eigenvalue weighted by molar-refractivity contribution is -0.385. The number of esters is 1. The van der Waals surface area contributed by atoms with Crippen LogP contribution < -0.4 is 9.47 Å². The highest BCUT2D eigenvalue weighted by atomic mass is 16.6. The van der Waals surface area contributed by atoms with Crippen LogP contribution in [0.15, 0.2) is 66.9 Å². The van der Waals surface area contributed by atoms with Crippen molar-refractivity contribution in [3.63, 3.8) is 0 Å². The molecule has 0 bridgehead atoms. The number of para-hydroxylation sites is 1. The van der Waals surface area contributed by atoms with Gasteiger partial charge < -0.3 is 9.47 Å². The molecule has 0 aliphatic heterocycles. The van der Waals surface area contributed by atoms with Gasteiger partial charge in [-0.05, 0) is 35.9 Å². The molecule has 1 aromatic heterocycles. The van der Waals surface area contributed by atoms with Crippen LogP contribution >= 0.6 is 0 Å². The number of nitro groups is 1. The van der Waals surface area contributed by atoms with Gasteiger partial charge in [0, 0.05) is 17.8 Å². The number of aromatic nitrogens is 1. The smallest absolute Gasteiger partial charge is 0.316 e. The van der Waals surface area contributed by atoms with Gasteiger partial charge in [-0.1, -0.05) is 36.4 Å². The zero-order chi connectivity index (χ0) is 20.6. The number of methoxy groups -OCH3 is 1. The summed E-state index contributed by atoms with van der Waals surface area (Å²) >= 11 is 0. The van der Waals surface area contributed by atoms with Crippen LogP contribution in [0.2, 0.25) is 0 Å². The molecule has 0 unspecified atom stereocenters. The Bertz CT molecular complexity index is 1050. The van der Waals surface area contributed by atoms with Gasteiger partial charge in [0.2, 0.25) is 0 Å². The number of hydrogen-bond acceptors (Lipinski definition) is 6. The van der Waals surface area contributed by atoms with Gasteiger partial charge in [0.1, 0.15) is 0 Å². The molecule has 3 aromatic rings. The van der Waals surface area contributed by atoms with Crippen LogP contribution in [-0.4, -0.2) is 23.0 Å². The highest BCUT2D eigenvalue weighted by Crippen LogP contribution is 2.29. The third-order valence-electron chi connectivity index (χ3n) is 4.07. The molecular formula is C22H18N2O5. The Kier molecular flexibility index (Phi) is 6.32. The molecule has 0 saturated heterocycles. The average Bonchev–Trinajstić information content (AvgIpc) is 2.74. The number of ether oxygens (including phenoxy) is 2. The normalized spacial score (nSPS) is 10.7. The quantitative estimate of drug-likeness (QED) is 0.258. The van der Waals surface area contributed by atoms with Crippen molar-refractivity contribution in [2.24, 2.45) is 0 Å². The van der Waals surface area contributed by atoms with E-state index in [1.54, 1.807) is 36.5 Å². The van der Waals surface area contributed by atoms with Gasteiger partial charge in [-0.25, -0.2) is 0 Å². The molecule has 0 aliphatic rings. The van der Waals surface area contributed by atoms with E-state index in [-0.39, 0.29) is 23.4 Å². The molecule has 29 heavy (non-hydrogen) atoms. The zero-order valence-electron chi connectivity index (χ0n) is 15.6. The number of nitrogens with zero attached hydrogens (tertiary/aromatic N) is 2. The van der Waals surface area contributed by atoms with Crippen LogP contribution in [0.1, 0.15) is 16.8 Å². The molecule has 0 fully saturated rings. The SMILES string of the molecule is COc1cc(/C=C/c2ccccn2)ccc1OC(=O)Cc1ccccc1[N+](=O)[O-]. The van der Waals surface area contributed by atoms with Crippen molar-refractivity contribution >= 4 is 23.8 Å². The maximum absolute atomic E-state index is 12.3. The molecule has 0 radical (unpaired) electrons. The Morgan fingerprint density at radius 1 is 1.07 bits per heavy atom. The van der Waals surface area contributed by atoms with Crippen molar-refractivity contribution in [2.75, 3.05) is 7.11 Å². The van der Waals surface area contributed by atoms with Gasteiger partial charge in [-0.15, -0.1) is 0 Å². The lowest BCUT2D eigenvalue weighted by Gasteiger charge is -2.10. The first kappa shape index (κ1) is 19.8. The fourth-order valence-corrected chi connectivity index (χ4v) is 2.68. The Balaban J connectivity index is 1.73. The second kappa shape index (κ2) is 9.27. The molecule has 0 saturated carbocycles. The number of pyridine rings is 1. The summed E-state index contributed by atoms with van der Waals surface area (Å²) in [6, 6.07) is 16.8. The van der Waals surface area contributed by atoms with E-state index in [2.05, 4.69) is 4.98 Å². The van der Waals surface area contributed by atoms with Crippen molar-refractivity contribution in [2.45, 2.75) is 6.42 Å². The number of carbonyl (C=O) groups is 1. The largest absolute Gasteiger partial charge is 0.493 e. The molecule has 146 valence electrons. The molecule has 1 heterocycles. The van der Waals surface area contributed by atoms with Crippen LogP contribution in [0.25, 0.3) is 12.2 Å². The number of hydrogen-bond donors (Lipinski definition) is 0. The Morgan fingerprint density at radius 3 is 2.59 bits per heavy atom. The lowest BCUT2D eigenvalue weighted by atomic mass is 10.1. The fourth-order valence-electron chi connectivity index (χ4n) is 2.68. The molecule has 0 amide bonds. The van der Waals surface area contributed by atoms with Gasteiger partial charge >= 0.3 is 5.97 Å². The third kappa shape index (κ3) is 5.26. The fraction of sp³-hybridized carbons (Fsp3) is 0.0909. The first-order valence-corrected chi connectivity index (χ1v) is 8.77. The van der Waals surface area contributed by atoms with Crippen molar-refractivity contribution in [1.29, 1.82) is 0 Å². The van der Waals surface area contributed by atoms with Gasteiger partial charge in [-0.2, -0.15) is 0 Å². The first-order chi connectivity index (χ1) is 14.1. The third-order valence-corrected chi connectivity index (χ3v) is 4.07. The van der Waals surface area contributed by atoms with Crippen molar-refractivity contribution in [3.8, 4) is 11.5 Å². The first-order valence-electron chi connectivity index (χ1n) is 8.77. The minimum Gasteiger partial charge on any atom is -0.493 e. The summed E-state index contributed by atoms with van der Waals surface area (Å²) in [5.41, 5.74) is 1.82. The van der Waals surface area contributed by atoms with Crippen LogP contribution in [0.3, 0.4) is 0 Å². The minimum atomic E-state index is -0.616. The van der Waals surface area contributed by atoms with Crippen LogP contribution in [0, 0.1) is 10.1 Å². The second-order valence-electron chi connectivity index (χ2n) is 6.03. The van der Waals surface area contributed by atoms with Gasteiger partial charge in [-0.3, -0.25) is 19.9 Å². The summed E-state index contributed by atoms with van der Waals surface area (Å²) in [7, 11) is 1.47. The predicted octanol–water partition coefficient (Wildman–Crippen LogP) is 4.32. The van der Waals surface area contributed by atoms with Gasteiger partial charge in [0.25, 0.3) is 5.69 Å². The Morgan fingerprint density at radius 2 is 1.86 bits per heavy atom. The second-order valence-corrected chi connectivity index (χ2v) is 6.03. The predicted molar refractivity (Wildman–Crippen MR) is 109 cm³/mol. The van der Waals surface area contributed by atoms with Crippen LogP contribution in [0.4, 0.5) is 5.69 Å². The summed E-state index contributed by atoms with van der Waals surface area (Å²) in [5.74, 6) is 0.00419. The maximum Gasteiger partial charge on any atom is 0.316 e. The molecule has 0 spiro atoms. The van der Waals surface area contributed by atoms with Crippen LogP contribution in [-0.2, 0) is 11.2 Å². The number of rotatable bonds is 7. The summed E-state index contributed by atoms with van der Waals surface area (Å²) in [6.07, 6.45) is 5.21. The number of carbonyl (C=O) groups excluding carboxylic acids is 1. The maximum atomic E-state index is 12.3. The molecule has 7 nitrogen and oxygen atoms in total. The summed E-state index contributed by atoms with van der Waals surface area (Å²) < 4.78 is 10.7. The van der Waals surface area contributed by atoms with E-state index in [9.17, 15) is 14.9 Å². The highest BCUT2D eigenvalue weighted by Gasteiger charge is 2.18. The summed E-state index contributed by atoms with van der Waals surface area (Å²) in [4.78, 5) is 27.1. The number of benzene rings is 2. The molecule has 0 atom stereocenters. The Hall–Kier alpha value is -4.00. The highest BCUT2D eigenvalue weighted by molar-refractivity contribution is 5.78. The molecular weight excluding hydrogens is 372 g/mol. The van der Waals surface area contributed by atoms with E-state index in [1.165, 1.54) is 19.2 Å². The minimum absolute atomic E-state index is 0.119. The van der Waals surface area contributed by atoms with E-state index in [0.29, 0.717) is 5.75 Å². The van der Waals surface area contributed by atoms with Crippen LogP contribution in [0.5, 0.6) is 11.5 Å². The van der Waals surface area contributed by atoms with E-state index < -0.39 is 10.9 Å². The standard InChI is InChI=1S/C22H18N2O5/c1-28-21-14-16(9-11-18-7-4-5-13-23-18)10-12-20(21)29-22(25)15-17-6-2-3-8-19(17)24(26)27/h2-14H,15H2,1H3/b11-9+. The lowest BCUT2D eigenvalue weighted by Crippen LogP contribution is -2.13. The number of nitro benzene ring substituents is 1. The summed E-state index contributed by atoms with van der Waals surface area (Å²) in [5, 5.41) is 11.1. The van der Waals surface area contributed by atoms with Gasteiger partial charge in [0.05, 0.1) is 24.1 Å². The molecule has 3 rings (SSSR count). The van der Waals surface area contributed by atoms with Crippen molar-refractivity contribution < 1.29 is 19.2 Å². The molecule has 0 N–H and O–H groups in total. The van der Waals surface area contributed by atoms with E-state index in [0.717, 1.165) is 11.3 Å². The van der Waals surface area contributed by atoms with Crippen molar-refractivity contribution in [3.05, 3.63) is 93.8 Å². The Labute approximate surface area is 167 Å². The molecule has 0 aliphatic carbocycles. The van der Waals surface area contributed by atoms with E-state index >= 15 is 0 Å². The topological polar surface area (TPSA) is 91.6 Å². The summed E-state index contributed by atoms with van der Waals surface area (Å²) in [6.45, 7) is 0. The van der Waals surface area contributed by atoms with Crippen molar-refractivity contribution in [1.82, 2.24) is 4.98 Å². The van der Waals surface area contributed by atoms with E-state index in [1.807, 2.05) is 30.4 Å². The van der Waals surface area contributed by atoms with Gasteiger partial charge in [0.15, 0.2) is 11.5 Å². The average molecular weight is 390 g/mol. The van der Waals surface area contributed by atoms with E-state index in [4.69, 9.17) is 9.47 Å². The molecule has 7 heteroatoms. The zero-order valence-corrected chi connectivity index (χ0v) is 15.6.